The van der Waals surface area contributed by atoms with E-state index in [2.05, 4.69) is 68.5 Å². The second-order valence-corrected chi connectivity index (χ2v) is 18.5. The number of hydrogen-bond donors (Lipinski definition) is 6. The molecule has 0 bridgehead atoms. The lowest BCUT2D eigenvalue weighted by Crippen LogP contribution is -2.29. The van der Waals surface area contributed by atoms with Crippen molar-refractivity contribution in [1.29, 1.82) is 10.5 Å². The second-order valence-electron chi connectivity index (χ2n) is 16.9. The molecule has 0 saturated heterocycles. The summed E-state index contributed by atoms with van der Waals surface area (Å²) in [5, 5.41) is 71.2. The number of anilines is 1. The van der Waals surface area contributed by atoms with Crippen LogP contribution in [0.1, 0.15) is 77.3 Å². The lowest BCUT2D eigenvalue weighted by Gasteiger charge is -2.26. The molecule has 0 aliphatic heterocycles. The Hall–Kier alpha value is -7.29. The highest BCUT2D eigenvalue weighted by Gasteiger charge is 2.20. The van der Waals surface area contributed by atoms with E-state index < -0.39 is 7.12 Å². The highest BCUT2D eigenvalue weighted by Crippen LogP contribution is 2.26. The largest absolute Gasteiger partial charge is 0.487 e. The van der Waals surface area contributed by atoms with Gasteiger partial charge < -0.3 is 31.3 Å². The first-order chi connectivity index (χ1) is 35.3. The van der Waals surface area contributed by atoms with Crippen LogP contribution in [-0.2, 0) is 0 Å². The van der Waals surface area contributed by atoms with Gasteiger partial charge in [0.05, 0.1) is 72.0 Å². The number of hydrogen-bond acceptors (Lipinski definition) is 14. The number of nitrogens with one attached hydrogen (secondary N) is 1. The number of rotatable bonds is 5. The zero-order valence-corrected chi connectivity index (χ0v) is 42.1. The minimum absolute atomic E-state index is 0. The van der Waals surface area contributed by atoms with Gasteiger partial charge in [-0.2, -0.15) is 20.7 Å². The number of benzene rings is 3. The molecule has 2 fully saturated rings. The minimum Gasteiger partial charge on any atom is -0.423 e. The van der Waals surface area contributed by atoms with Gasteiger partial charge >= 0.3 is 7.12 Å². The zero-order valence-electron chi connectivity index (χ0n) is 39.0. The van der Waals surface area contributed by atoms with E-state index >= 15 is 0 Å². The van der Waals surface area contributed by atoms with Crippen molar-refractivity contribution in [3.8, 4) is 34.7 Å². The SMILES string of the molecule is C.C.Clc1ccc2ncc(Br)n2n1.N#Cc1cccc(-c2cnc3ccc(Cl)nn23)c1.N#Cc1cccc(-c2cnc3ccc(NC4CCC(O)CC4)nn23)c1.NC1CCC(O)CC1.[C-]#[N+]c1cccc(B(O)O)c1. The van der Waals surface area contributed by atoms with Gasteiger partial charge in [0.1, 0.15) is 20.7 Å². The van der Waals surface area contributed by atoms with Crippen LogP contribution < -0.4 is 16.5 Å². The standard InChI is InChI=1S/C19H19N5O.C13H7ClN4.C7H6BNO2.C6H3BrClN3.C6H13NO.2CH4/c20-11-13-2-1-3-14(10-13)17-12-21-19-9-8-18(23-24(17)19)22-15-4-6-16(25)7-5-15;14-12-4-5-13-16-8-11(18(13)17-12)10-3-1-2-9(6-10)7-15;1-9-7-4-2-3-6(5-7)8(10)11;7-4-3-9-6-2-1-5(8)10-11(4)6;7-5-1-3-6(8)4-2-5;;/h1-3,8-10,12,15-16,25H,4-7H2,(H,22,23);1-6,8H;2-5,10-11H;1-3H;5-6,8H,1-4,7H2;2*1H4. The summed E-state index contributed by atoms with van der Waals surface area (Å²) in [6.07, 6.45) is 12.3. The Labute approximate surface area is 453 Å². The number of nitriles is 2. The molecule has 0 spiro atoms. The van der Waals surface area contributed by atoms with Gasteiger partial charge in [0, 0.05) is 23.2 Å². The van der Waals surface area contributed by atoms with Gasteiger partial charge in [-0.1, -0.05) is 86.6 Å². The Morgan fingerprint density at radius 3 is 1.64 bits per heavy atom. The van der Waals surface area contributed by atoms with Gasteiger partial charge in [0.25, 0.3) is 0 Å². The lowest BCUT2D eigenvalue weighted by atomic mass is 9.80. The summed E-state index contributed by atoms with van der Waals surface area (Å²) in [6.45, 7) is 6.64. The maximum absolute atomic E-state index is 9.63. The summed E-state index contributed by atoms with van der Waals surface area (Å²) in [4.78, 5) is 15.9. The zero-order chi connectivity index (χ0) is 51.9. The molecule has 18 nitrogen and oxygen atoms in total. The van der Waals surface area contributed by atoms with E-state index in [-0.39, 0.29) is 27.1 Å². The fourth-order valence-corrected chi connectivity index (χ4v) is 8.44. The number of halogens is 3. The van der Waals surface area contributed by atoms with E-state index in [9.17, 15) is 5.11 Å². The smallest absolute Gasteiger partial charge is 0.423 e. The van der Waals surface area contributed by atoms with Crippen LogP contribution in [0.15, 0.2) is 132 Å². The van der Waals surface area contributed by atoms with Crippen LogP contribution in [0, 0.1) is 29.2 Å². The molecule has 0 radical (unpaired) electrons. The number of imidazole rings is 3. The molecule has 2 aliphatic rings. The molecule has 75 heavy (non-hydrogen) atoms. The molecule has 2 aliphatic carbocycles. The van der Waals surface area contributed by atoms with E-state index in [0.29, 0.717) is 44.7 Å². The highest BCUT2D eigenvalue weighted by molar-refractivity contribution is 9.10. The number of fused-ring (bicyclic) bond motifs is 3. The first kappa shape index (κ1) is 58.6. The molecular weight excluding hydrogens is 1060 g/mol. The van der Waals surface area contributed by atoms with E-state index in [4.69, 9.17) is 61.2 Å². The Bertz CT molecular complexity index is 3400. The fourth-order valence-electron chi connectivity index (χ4n) is 7.80. The molecular formula is C53H56BBrCl2N14O4. The highest BCUT2D eigenvalue weighted by atomic mass is 79.9. The third kappa shape index (κ3) is 16.4. The maximum Gasteiger partial charge on any atom is 0.487 e. The van der Waals surface area contributed by atoms with Crippen LogP contribution in [0.25, 0.3) is 44.3 Å². The third-order valence-electron chi connectivity index (χ3n) is 11.6. The van der Waals surface area contributed by atoms with Crippen LogP contribution in [0.5, 0.6) is 0 Å². The summed E-state index contributed by atoms with van der Waals surface area (Å²) in [5.74, 6) is 0.796. The van der Waals surface area contributed by atoms with Crippen LogP contribution in [0.4, 0.5) is 11.5 Å². The number of nitrogens with zero attached hydrogens (tertiary/aromatic N) is 12. The maximum atomic E-state index is 9.63. The first-order valence-electron chi connectivity index (χ1n) is 23.0. The quantitative estimate of drug-likeness (QED) is 0.0693. The van der Waals surface area contributed by atoms with E-state index in [1.165, 1.54) is 6.07 Å². The number of nitrogens with two attached hydrogens (primary N) is 1. The molecule has 11 rings (SSSR count). The van der Waals surface area contributed by atoms with Crippen molar-refractivity contribution in [2.75, 3.05) is 5.32 Å². The van der Waals surface area contributed by atoms with Crippen LogP contribution >= 0.6 is 39.1 Å². The molecule has 3 aromatic carbocycles. The van der Waals surface area contributed by atoms with Gasteiger partial charge in [0.15, 0.2) is 22.6 Å². The Morgan fingerprint density at radius 1 is 0.640 bits per heavy atom. The van der Waals surface area contributed by atoms with E-state index in [1.54, 1.807) is 92.8 Å². The van der Waals surface area contributed by atoms with Gasteiger partial charge in [-0.3, -0.25) is 0 Å². The van der Waals surface area contributed by atoms with Gasteiger partial charge in [0.2, 0.25) is 0 Å². The summed E-state index contributed by atoms with van der Waals surface area (Å²) in [6, 6.07) is 36.8. The number of aromatic nitrogens is 9. The summed E-state index contributed by atoms with van der Waals surface area (Å²) in [7, 11) is -1.49. The van der Waals surface area contributed by atoms with E-state index in [0.717, 1.165) is 101 Å². The summed E-state index contributed by atoms with van der Waals surface area (Å²) in [5.41, 5.74) is 13.3. The number of aliphatic hydroxyl groups is 2. The molecule has 7 N–H and O–H groups in total. The average Bonchev–Trinajstić information content (AvgIpc) is 4.15. The Morgan fingerprint density at radius 2 is 1.12 bits per heavy atom. The average molecular weight is 1110 g/mol. The van der Waals surface area contributed by atoms with Crippen molar-refractivity contribution in [2.24, 2.45) is 5.73 Å². The van der Waals surface area contributed by atoms with Gasteiger partial charge in [-0.15, -0.1) is 5.10 Å². The Balaban J connectivity index is 0.000000183. The molecule has 386 valence electrons. The molecule has 0 unspecified atom stereocenters. The van der Waals surface area contributed by atoms with Crippen molar-refractivity contribution < 1.29 is 20.3 Å². The summed E-state index contributed by atoms with van der Waals surface area (Å²) >= 11 is 14.8. The van der Waals surface area contributed by atoms with Gasteiger partial charge in [-0.25, -0.2) is 33.3 Å². The van der Waals surface area contributed by atoms with Crippen LogP contribution in [-0.4, -0.2) is 95.5 Å². The molecule has 6 heterocycles. The van der Waals surface area contributed by atoms with Crippen molar-refractivity contribution in [2.45, 2.75) is 90.5 Å². The first-order valence-corrected chi connectivity index (χ1v) is 24.6. The Kier molecular flexibility index (Phi) is 22.2. The lowest BCUT2D eigenvalue weighted by molar-refractivity contribution is 0.123. The van der Waals surface area contributed by atoms with Crippen LogP contribution in [0.3, 0.4) is 0 Å². The number of aliphatic hydroxyl groups excluding tert-OH is 2. The van der Waals surface area contributed by atoms with Gasteiger partial charge in [-0.05, 0) is 133 Å². The predicted molar refractivity (Wildman–Crippen MR) is 297 cm³/mol. The molecule has 9 aromatic rings. The molecule has 22 heteroatoms. The summed E-state index contributed by atoms with van der Waals surface area (Å²) < 4.78 is 5.90. The van der Waals surface area contributed by atoms with Crippen molar-refractivity contribution in [3.05, 3.63) is 165 Å². The normalized spacial score (nSPS) is 16.4. The second kappa shape index (κ2) is 28.4. The fraction of sp³-hybridized carbons (Fsp3) is 0.264. The monoisotopic (exact) mass is 1110 g/mol. The minimum atomic E-state index is -1.49. The van der Waals surface area contributed by atoms with E-state index in [1.807, 2.05) is 42.5 Å². The topological polar surface area (TPSA) is 261 Å². The molecule has 6 aromatic heterocycles. The van der Waals surface area contributed by atoms with Crippen molar-refractivity contribution in [1.82, 2.24) is 43.8 Å². The molecule has 0 atom stereocenters. The molecule has 2 saturated carbocycles. The third-order valence-corrected chi connectivity index (χ3v) is 12.6. The van der Waals surface area contributed by atoms with Crippen molar-refractivity contribution in [3.63, 3.8) is 0 Å². The van der Waals surface area contributed by atoms with Crippen LogP contribution in [0.2, 0.25) is 10.3 Å². The predicted octanol–water partition coefficient (Wildman–Crippen LogP) is 9.49. The molecule has 0 amide bonds. The van der Waals surface area contributed by atoms with Crippen molar-refractivity contribution >= 4 is 80.2 Å².